The number of rotatable bonds is 7. The van der Waals surface area contributed by atoms with Crippen molar-refractivity contribution in [1.29, 1.82) is 0 Å². The molecule has 0 aromatic heterocycles. The molecule has 0 radical (unpaired) electrons. The van der Waals surface area contributed by atoms with Crippen molar-refractivity contribution in [3.8, 4) is 0 Å². The molecule has 1 aliphatic carbocycles. The summed E-state index contributed by atoms with van der Waals surface area (Å²) in [5.74, 6) is -0.476. The zero-order chi connectivity index (χ0) is 19.6. The Hall–Kier alpha value is -1.92. The highest BCUT2D eigenvalue weighted by Crippen LogP contribution is 2.44. The van der Waals surface area contributed by atoms with Gasteiger partial charge in [0.1, 0.15) is 5.82 Å². The first-order valence-electron chi connectivity index (χ1n) is 8.86. The van der Waals surface area contributed by atoms with E-state index in [1.807, 2.05) is 0 Å². The fourth-order valence-corrected chi connectivity index (χ4v) is 4.29. The molecule has 7 heteroatoms. The van der Waals surface area contributed by atoms with E-state index in [1.54, 1.807) is 43.3 Å². The van der Waals surface area contributed by atoms with Crippen molar-refractivity contribution in [2.24, 2.45) is 0 Å². The van der Waals surface area contributed by atoms with Crippen molar-refractivity contribution >= 4 is 27.3 Å². The van der Waals surface area contributed by atoms with Crippen LogP contribution in [-0.4, -0.2) is 26.1 Å². The minimum absolute atomic E-state index is 0.0589. The van der Waals surface area contributed by atoms with Crippen molar-refractivity contribution in [2.75, 3.05) is 5.75 Å². The van der Waals surface area contributed by atoms with Crippen LogP contribution in [0.25, 0.3) is 0 Å². The number of halogens is 2. The van der Waals surface area contributed by atoms with Gasteiger partial charge in [-0.3, -0.25) is 4.79 Å². The lowest BCUT2D eigenvalue weighted by Crippen LogP contribution is -2.26. The lowest BCUT2D eigenvalue weighted by atomic mass is 10.1. The molecule has 0 heterocycles. The van der Waals surface area contributed by atoms with Gasteiger partial charge in [0.2, 0.25) is 5.91 Å². The molecule has 27 heavy (non-hydrogen) atoms. The van der Waals surface area contributed by atoms with Crippen LogP contribution in [0.4, 0.5) is 4.39 Å². The Bertz CT molecular complexity index is 924. The first-order valence-corrected chi connectivity index (χ1v) is 10.9. The summed E-state index contributed by atoms with van der Waals surface area (Å²) >= 11 is 6.07. The van der Waals surface area contributed by atoms with Crippen molar-refractivity contribution in [1.82, 2.24) is 5.32 Å². The van der Waals surface area contributed by atoms with E-state index in [-0.39, 0.29) is 35.9 Å². The Labute approximate surface area is 163 Å². The zero-order valence-corrected chi connectivity index (χ0v) is 16.5. The first-order chi connectivity index (χ1) is 12.8. The Balaban J connectivity index is 1.51. The largest absolute Gasteiger partial charge is 0.353 e. The fourth-order valence-electron chi connectivity index (χ4n) is 3.11. The summed E-state index contributed by atoms with van der Waals surface area (Å²) in [6.07, 6.45) is 1.47. The van der Waals surface area contributed by atoms with Crippen LogP contribution in [0.5, 0.6) is 0 Å². The average Bonchev–Trinajstić information content (AvgIpc) is 3.38. The van der Waals surface area contributed by atoms with Crippen LogP contribution in [0.1, 0.15) is 36.8 Å². The van der Waals surface area contributed by atoms with Gasteiger partial charge >= 0.3 is 0 Å². The summed E-state index contributed by atoms with van der Waals surface area (Å²) in [5.41, 5.74) is 1.36. The molecular formula is C20H21ClFNO3S. The second kappa shape index (κ2) is 7.98. The van der Waals surface area contributed by atoms with Crippen LogP contribution >= 0.6 is 11.6 Å². The third-order valence-corrected chi connectivity index (χ3v) is 6.89. The molecule has 1 fully saturated rings. The Morgan fingerprint density at radius 3 is 2.56 bits per heavy atom. The zero-order valence-electron chi connectivity index (χ0n) is 14.9. The quantitative estimate of drug-likeness (QED) is 0.754. The maximum atomic E-state index is 13.9. The number of sulfone groups is 1. The number of carbonyl (C=O) groups excluding carboxylic acids is 1. The van der Waals surface area contributed by atoms with Crippen LogP contribution in [-0.2, 0) is 21.1 Å². The molecule has 0 aliphatic heterocycles. The summed E-state index contributed by atoms with van der Waals surface area (Å²) in [5, 5.41) is 3.30. The van der Waals surface area contributed by atoms with Crippen LogP contribution < -0.4 is 5.32 Å². The highest BCUT2D eigenvalue weighted by Gasteiger charge is 2.42. The highest BCUT2D eigenvalue weighted by atomic mass is 35.5. The fraction of sp³-hybridized carbons (Fsp3) is 0.350. The van der Waals surface area contributed by atoms with E-state index in [2.05, 4.69) is 5.32 Å². The molecule has 4 nitrogen and oxygen atoms in total. The van der Waals surface area contributed by atoms with Gasteiger partial charge in [-0.2, -0.15) is 0 Å². The number of hydrogen-bond acceptors (Lipinski definition) is 3. The van der Waals surface area contributed by atoms with Gasteiger partial charge < -0.3 is 5.32 Å². The van der Waals surface area contributed by atoms with Gasteiger partial charge in [0.25, 0.3) is 0 Å². The summed E-state index contributed by atoms with van der Waals surface area (Å²) in [6.45, 7) is 1.60. The van der Waals surface area contributed by atoms with E-state index in [0.717, 1.165) is 5.56 Å². The normalized spacial score (nSPS) is 18.9. The summed E-state index contributed by atoms with van der Waals surface area (Å²) in [4.78, 5) is 12.4. The summed E-state index contributed by atoms with van der Waals surface area (Å²) in [6, 6.07) is 11.1. The average molecular weight is 410 g/mol. The smallest absolute Gasteiger partial charge is 0.220 e. The van der Waals surface area contributed by atoms with Gasteiger partial charge in [0.05, 0.1) is 10.6 Å². The van der Waals surface area contributed by atoms with Crippen LogP contribution in [0.15, 0.2) is 47.4 Å². The Morgan fingerprint density at radius 1 is 1.22 bits per heavy atom. The predicted octanol–water partition coefficient (Wildman–Crippen LogP) is 3.88. The van der Waals surface area contributed by atoms with E-state index in [0.29, 0.717) is 28.3 Å². The van der Waals surface area contributed by atoms with Gasteiger partial charge in [0.15, 0.2) is 9.84 Å². The number of hydrogen-bond donors (Lipinski definition) is 1. The second-order valence-corrected chi connectivity index (χ2v) is 9.38. The molecule has 0 saturated heterocycles. The molecule has 1 amide bonds. The van der Waals surface area contributed by atoms with Gasteiger partial charge in [0, 0.05) is 29.0 Å². The van der Waals surface area contributed by atoms with E-state index in [9.17, 15) is 17.6 Å². The monoisotopic (exact) mass is 409 g/mol. The molecule has 1 N–H and O–H groups in total. The number of benzene rings is 2. The standard InChI is InChI=1S/C20H21ClFNO3S/c1-2-27(25,26)14-9-6-13(7-10-14)8-11-19(24)23-18-12-15(18)20-16(21)4-3-5-17(20)22/h3-7,9-10,15,18H,2,8,11-12H2,1H3,(H,23,24)/t15-,18-/m1/s1. The van der Waals surface area contributed by atoms with Crippen LogP contribution in [0.2, 0.25) is 5.02 Å². The van der Waals surface area contributed by atoms with Gasteiger partial charge in [-0.15, -0.1) is 0 Å². The lowest BCUT2D eigenvalue weighted by molar-refractivity contribution is -0.121. The van der Waals surface area contributed by atoms with Crippen molar-refractivity contribution in [3.63, 3.8) is 0 Å². The molecule has 3 rings (SSSR count). The highest BCUT2D eigenvalue weighted by molar-refractivity contribution is 7.91. The molecule has 2 aromatic rings. The molecule has 2 atom stereocenters. The SMILES string of the molecule is CCS(=O)(=O)c1ccc(CCC(=O)N[C@@H]2C[C@H]2c2c(F)cccc2Cl)cc1. The van der Waals surface area contributed by atoms with E-state index in [4.69, 9.17) is 11.6 Å². The molecule has 0 spiro atoms. The maximum Gasteiger partial charge on any atom is 0.220 e. The molecule has 1 aliphatic rings. The summed E-state index contributed by atoms with van der Waals surface area (Å²) in [7, 11) is -3.21. The molecule has 0 unspecified atom stereocenters. The molecular weight excluding hydrogens is 389 g/mol. The minimum atomic E-state index is -3.21. The molecule has 2 aromatic carbocycles. The molecule has 1 saturated carbocycles. The lowest BCUT2D eigenvalue weighted by Gasteiger charge is -2.08. The Morgan fingerprint density at radius 2 is 1.93 bits per heavy atom. The van der Waals surface area contributed by atoms with Gasteiger partial charge in [-0.25, -0.2) is 12.8 Å². The first kappa shape index (κ1) is 19.8. The van der Waals surface area contributed by atoms with Crippen molar-refractivity contribution in [3.05, 3.63) is 64.4 Å². The van der Waals surface area contributed by atoms with Crippen LogP contribution in [0, 0.1) is 5.82 Å². The molecule has 144 valence electrons. The van der Waals surface area contributed by atoms with Crippen LogP contribution in [0.3, 0.4) is 0 Å². The minimum Gasteiger partial charge on any atom is -0.353 e. The predicted molar refractivity (Wildman–Crippen MR) is 103 cm³/mol. The number of nitrogens with one attached hydrogen (secondary N) is 1. The third kappa shape index (κ3) is 4.68. The molecule has 0 bridgehead atoms. The van der Waals surface area contributed by atoms with Gasteiger partial charge in [-0.05, 0) is 42.7 Å². The van der Waals surface area contributed by atoms with E-state index >= 15 is 0 Å². The number of aryl methyl sites for hydroxylation is 1. The maximum absolute atomic E-state index is 13.9. The number of carbonyl (C=O) groups is 1. The van der Waals surface area contributed by atoms with E-state index < -0.39 is 9.84 Å². The van der Waals surface area contributed by atoms with E-state index in [1.165, 1.54) is 6.07 Å². The number of amides is 1. The topological polar surface area (TPSA) is 63.2 Å². The van der Waals surface area contributed by atoms with Crippen molar-refractivity contribution in [2.45, 2.75) is 43.0 Å². The Kier molecular flexibility index (Phi) is 5.86. The third-order valence-electron chi connectivity index (χ3n) is 4.81. The van der Waals surface area contributed by atoms with Crippen molar-refractivity contribution < 1.29 is 17.6 Å². The second-order valence-electron chi connectivity index (χ2n) is 6.70. The van der Waals surface area contributed by atoms with Gasteiger partial charge in [-0.1, -0.05) is 36.7 Å². The summed E-state index contributed by atoms with van der Waals surface area (Å²) < 4.78 is 37.5.